The molecule has 1 N–H and O–H groups in total. The molecule has 1 unspecified atom stereocenters. The Balaban J connectivity index is 1.92. The number of carbonyl (C=O) groups excluding carboxylic acids is 2. The third kappa shape index (κ3) is 6.15. The Hall–Kier alpha value is -2.25. The highest BCUT2D eigenvalue weighted by atomic mass is 32.2. The minimum absolute atomic E-state index is 0.0413. The van der Waals surface area contributed by atoms with Gasteiger partial charge in [-0.15, -0.1) is 11.8 Å². The number of halogens is 2. The van der Waals surface area contributed by atoms with E-state index in [1.165, 1.54) is 37.3 Å². The zero-order valence-corrected chi connectivity index (χ0v) is 16.3. The number of thioether (sulfide) groups is 1. The summed E-state index contributed by atoms with van der Waals surface area (Å²) >= 11 is 1.06. The molecule has 2 aromatic carbocycles. The number of Topliss-reactive ketones (excluding diaryl/α,β-unsaturated/α-hetero) is 1. The third-order valence-electron chi connectivity index (χ3n) is 4.05. The molecule has 1 atom stereocenters. The number of nitrogens with one attached hydrogen (secondary N) is 1. The molecular weight excluding hydrogens is 370 g/mol. The molecule has 0 bridgehead atoms. The fraction of sp³-hybridized carbons (Fsp3) is 0.300. The van der Waals surface area contributed by atoms with Crippen LogP contribution in [0.3, 0.4) is 0 Å². The molecule has 0 aliphatic rings. The molecule has 2 aromatic rings. The standard InChI is InChI=1S/C20H22F2N2O2S/c1-13(25)14-7-8-19(17(22)10-14)27-12-20(26)23-11-18(24(2)3)15-5-4-6-16(21)9-15/h4-10,18H,11-12H2,1-3H3,(H,23,26). The highest BCUT2D eigenvalue weighted by molar-refractivity contribution is 8.00. The van der Waals surface area contributed by atoms with Crippen molar-refractivity contribution < 1.29 is 18.4 Å². The zero-order chi connectivity index (χ0) is 20.0. The maximum absolute atomic E-state index is 14.0. The number of nitrogens with zero attached hydrogens (tertiary/aromatic N) is 1. The second-order valence-electron chi connectivity index (χ2n) is 6.33. The van der Waals surface area contributed by atoms with Crippen LogP contribution >= 0.6 is 11.8 Å². The number of benzene rings is 2. The lowest BCUT2D eigenvalue weighted by molar-refractivity contribution is -0.118. The Morgan fingerprint density at radius 3 is 2.48 bits per heavy atom. The van der Waals surface area contributed by atoms with Crippen molar-refractivity contribution >= 4 is 23.5 Å². The van der Waals surface area contributed by atoms with Crippen LogP contribution in [0.5, 0.6) is 0 Å². The van der Waals surface area contributed by atoms with Gasteiger partial charge >= 0.3 is 0 Å². The number of hydrogen-bond acceptors (Lipinski definition) is 4. The maximum atomic E-state index is 14.0. The Morgan fingerprint density at radius 2 is 1.89 bits per heavy atom. The van der Waals surface area contributed by atoms with Crippen molar-refractivity contribution in [2.45, 2.75) is 17.9 Å². The molecule has 0 aliphatic carbocycles. The van der Waals surface area contributed by atoms with Gasteiger partial charge in [0.15, 0.2) is 5.78 Å². The lowest BCUT2D eigenvalue weighted by atomic mass is 10.1. The summed E-state index contributed by atoms with van der Waals surface area (Å²) in [6, 6.07) is 10.3. The number of carbonyl (C=O) groups is 2. The predicted molar refractivity (Wildman–Crippen MR) is 103 cm³/mol. The lowest BCUT2D eigenvalue weighted by Crippen LogP contribution is -2.35. The molecular formula is C20H22F2N2O2S. The van der Waals surface area contributed by atoms with Crippen LogP contribution in [-0.4, -0.2) is 43.0 Å². The van der Waals surface area contributed by atoms with Gasteiger partial charge in [-0.2, -0.15) is 0 Å². The fourth-order valence-electron chi connectivity index (χ4n) is 2.55. The summed E-state index contributed by atoms with van der Waals surface area (Å²) in [7, 11) is 3.70. The number of rotatable bonds is 8. The Bertz CT molecular complexity index is 827. The van der Waals surface area contributed by atoms with Crippen LogP contribution in [0.4, 0.5) is 8.78 Å². The van der Waals surface area contributed by atoms with Crippen molar-refractivity contribution in [1.82, 2.24) is 10.2 Å². The quantitative estimate of drug-likeness (QED) is 0.550. The second kappa shape index (κ2) is 9.62. The summed E-state index contributed by atoms with van der Waals surface area (Å²) in [5.41, 5.74) is 1.06. The molecule has 0 aromatic heterocycles. The van der Waals surface area contributed by atoms with Gasteiger partial charge in [0.2, 0.25) is 5.91 Å². The van der Waals surface area contributed by atoms with Crippen molar-refractivity contribution in [2.24, 2.45) is 0 Å². The summed E-state index contributed by atoms with van der Waals surface area (Å²) in [6.07, 6.45) is 0. The smallest absolute Gasteiger partial charge is 0.230 e. The van der Waals surface area contributed by atoms with Crippen LogP contribution in [0.25, 0.3) is 0 Å². The van der Waals surface area contributed by atoms with Gasteiger partial charge in [-0.05, 0) is 50.8 Å². The third-order valence-corrected chi connectivity index (χ3v) is 5.10. The number of hydrogen-bond donors (Lipinski definition) is 1. The van der Waals surface area contributed by atoms with Gasteiger partial charge in [0.25, 0.3) is 0 Å². The molecule has 0 spiro atoms. The Labute approximate surface area is 161 Å². The van der Waals surface area contributed by atoms with Crippen LogP contribution in [0.15, 0.2) is 47.4 Å². The van der Waals surface area contributed by atoms with E-state index in [1.54, 1.807) is 12.1 Å². The minimum Gasteiger partial charge on any atom is -0.353 e. The molecule has 0 saturated heterocycles. The first-order valence-corrected chi connectivity index (χ1v) is 9.38. The minimum atomic E-state index is -0.522. The average molecular weight is 392 g/mol. The van der Waals surface area contributed by atoms with E-state index in [2.05, 4.69) is 5.32 Å². The molecule has 0 heterocycles. The molecule has 0 fully saturated rings. The predicted octanol–water partition coefficient (Wildman–Crippen LogP) is 3.68. The lowest BCUT2D eigenvalue weighted by Gasteiger charge is -2.25. The molecule has 144 valence electrons. The van der Waals surface area contributed by atoms with E-state index in [0.29, 0.717) is 17.0 Å². The average Bonchev–Trinajstić information content (AvgIpc) is 2.60. The van der Waals surface area contributed by atoms with E-state index in [4.69, 9.17) is 0 Å². The van der Waals surface area contributed by atoms with Gasteiger partial charge in [-0.1, -0.05) is 18.2 Å². The SMILES string of the molecule is CC(=O)c1ccc(SCC(=O)NCC(c2cccc(F)c2)N(C)C)c(F)c1. The van der Waals surface area contributed by atoms with E-state index < -0.39 is 5.82 Å². The van der Waals surface area contributed by atoms with Gasteiger partial charge in [0, 0.05) is 17.0 Å². The van der Waals surface area contributed by atoms with Crippen LogP contribution in [-0.2, 0) is 4.79 Å². The largest absolute Gasteiger partial charge is 0.353 e. The van der Waals surface area contributed by atoms with Crippen molar-refractivity contribution in [1.29, 1.82) is 0 Å². The van der Waals surface area contributed by atoms with Crippen LogP contribution < -0.4 is 5.32 Å². The molecule has 4 nitrogen and oxygen atoms in total. The zero-order valence-electron chi connectivity index (χ0n) is 15.5. The van der Waals surface area contributed by atoms with Gasteiger partial charge in [0.05, 0.1) is 11.8 Å². The number of ketones is 1. The van der Waals surface area contributed by atoms with Crippen molar-refractivity contribution in [2.75, 3.05) is 26.4 Å². The van der Waals surface area contributed by atoms with Gasteiger partial charge in [-0.3, -0.25) is 9.59 Å². The molecule has 0 aliphatic heterocycles. The molecule has 2 rings (SSSR count). The monoisotopic (exact) mass is 392 g/mol. The van der Waals surface area contributed by atoms with Crippen molar-refractivity contribution in [3.8, 4) is 0 Å². The maximum Gasteiger partial charge on any atom is 0.230 e. The van der Waals surface area contributed by atoms with E-state index in [-0.39, 0.29) is 29.3 Å². The molecule has 27 heavy (non-hydrogen) atoms. The van der Waals surface area contributed by atoms with Crippen molar-refractivity contribution in [3.63, 3.8) is 0 Å². The van der Waals surface area contributed by atoms with E-state index >= 15 is 0 Å². The van der Waals surface area contributed by atoms with Gasteiger partial charge < -0.3 is 10.2 Å². The highest BCUT2D eigenvalue weighted by Gasteiger charge is 2.16. The van der Waals surface area contributed by atoms with Crippen LogP contribution in [0, 0.1) is 11.6 Å². The first-order valence-electron chi connectivity index (χ1n) is 8.40. The van der Waals surface area contributed by atoms with Crippen LogP contribution in [0.2, 0.25) is 0 Å². The molecule has 7 heteroatoms. The summed E-state index contributed by atoms with van der Waals surface area (Å²) in [5.74, 6) is -1.27. The summed E-state index contributed by atoms with van der Waals surface area (Å²) < 4.78 is 27.4. The van der Waals surface area contributed by atoms with E-state index in [9.17, 15) is 18.4 Å². The molecule has 0 saturated carbocycles. The normalized spacial score (nSPS) is 12.1. The topological polar surface area (TPSA) is 49.4 Å². The molecule has 0 radical (unpaired) electrons. The fourth-order valence-corrected chi connectivity index (χ4v) is 3.30. The van der Waals surface area contributed by atoms with Gasteiger partial charge in [-0.25, -0.2) is 8.78 Å². The summed E-state index contributed by atoms with van der Waals surface area (Å²) in [6.45, 7) is 1.68. The Morgan fingerprint density at radius 1 is 1.15 bits per heavy atom. The highest BCUT2D eigenvalue weighted by Crippen LogP contribution is 2.23. The van der Waals surface area contributed by atoms with E-state index in [0.717, 1.165) is 17.3 Å². The second-order valence-corrected chi connectivity index (χ2v) is 7.35. The summed E-state index contributed by atoms with van der Waals surface area (Å²) in [5, 5.41) is 2.80. The van der Waals surface area contributed by atoms with Crippen LogP contribution in [0.1, 0.15) is 28.9 Å². The first kappa shape index (κ1) is 21.1. The van der Waals surface area contributed by atoms with E-state index in [1.807, 2.05) is 19.0 Å². The molecule has 1 amide bonds. The first-order chi connectivity index (χ1) is 12.8. The summed E-state index contributed by atoms with van der Waals surface area (Å²) in [4.78, 5) is 25.6. The number of likely N-dealkylation sites (N-methyl/N-ethyl adjacent to an activating group) is 1. The van der Waals surface area contributed by atoms with Crippen molar-refractivity contribution in [3.05, 3.63) is 65.2 Å². The van der Waals surface area contributed by atoms with Gasteiger partial charge in [0.1, 0.15) is 11.6 Å². The Kier molecular flexibility index (Phi) is 7.50. The number of amides is 1.